The summed E-state index contributed by atoms with van der Waals surface area (Å²) < 4.78 is 2.74. The van der Waals surface area contributed by atoms with Crippen LogP contribution in [0, 0.1) is 32.1 Å². The van der Waals surface area contributed by atoms with Crippen LogP contribution < -0.4 is 5.73 Å². The normalized spacial score (nSPS) is 10.5. The van der Waals surface area contributed by atoms with Crippen LogP contribution in [-0.4, -0.2) is 4.57 Å². The van der Waals surface area contributed by atoms with Crippen LogP contribution in [0.1, 0.15) is 22.4 Å². The van der Waals surface area contributed by atoms with Crippen LogP contribution in [0.25, 0.3) is 5.69 Å². The smallest absolute Gasteiger partial charge is 0.126 e. The molecule has 2 rings (SSSR count). The molecule has 0 aliphatic rings. The molecule has 98 valence electrons. The van der Waals surface area contributed by atoms with Crippen molar-refractivity contribution in [3.63, 3.8) is 0 Å². The maximum absolute atomic E-state index is 9.17. The fourth-order valence-electron chi connectivity index (χ4n) is 2.09. The van der Waals surface area contributed by atoms with E-state index in [9.17, 15) is 5.26 Å². The molecule has 3 nitrogen and oxygen atoms in total. The van der Waals surface area contributed by atoms with E-state index in [0.717, 1.165) is 27.0 Å². The van der Waals surface area contributed by atoms with Crippen molar-refractivity contribution in [1.82, 2.24) is 4.57 Å². The predicted octanol–water partition coefficient (Wildman–Crippen LogP) is 4.27. The first-order valence-electron chi connectivity index (χ1n) is 5.72. The summed E-state index contributed by atoms with van der Waals surface area (Å²) in [5.74, 6) is 0.443. The number of aryl methyl sites for hydroxylation is 1. The Labute approximate surface area is 125 Å². The largest absolute Gasteiger partial charge is 0.384 e. The lowest BCUT2D eigenvalue weighted by Gasteiger charge is -2.13. The molecule has 2 aromatic rings. The quantitative estimate of drug-likeness (QED) is 0.844. The molecule has 19 heavy (non-hydrogen) atoms. The molecule has 0 spiro atoms. The van der Waals surface area contributed by atoms with Gasteiger partial charge in [-0.1, -0.05) is 11.6 Å². The molecule has 1 heterocycles. The number of hydrogen-bond donors (Lipinski definition) is 1. The van der Waals surface area contributed by atoms with Gasteiger partial charge in [-0.05, 0) is 60.0 Å². The van der Waals surface area contributed by atoms with E-state index in [1.165, 1.54) is 0 Å². The molecule has 1 aromatic heterocycles. The minimum absolute atomic E-state index is 0.443. The Morgan fingerprint density at radius 1 is 1.32 bits per heavy atom. The summed E-state index contributed by atoms with van der Waals surface area (Å²) in [4.78, 5) is 0. The van der Waals surface area contributed by atoms with E-state index in [4.69, 9.17) is 17.3 Å². The maximum atomic E-state index is 9.17. The minimum atomic E-state index is 0.443. The molecule has 0 radical (unpaired) electrons. The number of nitrogen functional groups attached to an aromatic ring is 1. The SMILES string of the molecule is Cc1cc(Br)c(-n2c(C)c(C)c(C#N)c2N)cc1Cl. The molecule has 0 unspecified atom stereocenters. The third-order valence-electron chi connectivity index (χ3n) is 3.33. The van der Waals surface area contributed by atoms with Crippen molar-refractivity contribution >= 4 is 33.3 Å². The topological polar surface area (TPSA) is 54.7 Å². The van der Waals surface area contributed by atoms with Crippen molar-refractivity contribution in [2.24, 2.45) is 0 Å². The Balaban J connectivity index is 2.81. The summed E-state index contributed by atoms with van der Waals surface area (Å²) in [6.45, 7) is 5.77. The molecule has 0 saturated heterocycles. The van der Waals surface area contributed by atoms with Gasteiger partial charge in [0.05, 0.1) is 11.3 Å². The average molecular weight is 339 g/mol. The first-order chi connectivity index (χ1) is 8.88. The van der Waals surface area contributed by atoms with Crippen molar-refractivity contribution < 1.29 is 0 Å². The number of nitriles is 1. The van der Waals surface area contributed by atoms with Crippen molar-refractivity contribution in [3.05, 3.63) is 44.0 Å². The van der Waals surface area contributed by atoms with Gasteiger partial charge in [-0.3, -0.25) is 4.57 Å². The first-order valence-corrected chi connectivity index (χ1v) is 6.89. The Hall–Kier alpha value is -1.44. The number of aromatic nitrogens is 1. The third kappa shape index (κ3) is 2.13. The molecule has 0 fully saturated rings. The van der Waals surface area contributed by atoms with Crippen molar-refractivity contribution in [1.29, 1.82) is 5.26 Å². The van der Waals surface area contributed by atoms with Gasteiger partial charge >= 0.3 is 0 Å². The Morgan fingerprint density at radius 3 is 2.47 bits per heavy atom. The fraction of sp³-hybridized carbons (Fsp3) is 0.214. The van der Waals surface area contributed by atoms with Crippen LogP contribution in [0.5, 0.6) is 0 Å². The van der Waals surface area contributed by atoms with E-state index in [2.05, 4.69) is 22.0 Å². The van der Waals surface area contributed by atoms with E-state index in [0.29, 0.717) is 16.4 Å². The van der Waals surface area contributed by atoms with E-state index in [-0.39, 0.29) is 0 Å². The highest BCUT2D eigenvalue weighted by Gasteiger charge is 2.18. The highest BCUT2D eigenvalue weighted by Crippen LogP contribution is 2.34. The second-order valence-corrected chi connectivity index (χ2v) is 5.73. The number of benzene rings is 1. The molecule has 0 amide bonds. The van der Waals surface area contributed by atoms with Crippen molar-refractivity contribution in [3.8, 4) is 11.8 Å². The molecule has 2 N–H and O–H groups in total. The van der Waals surface area contributed by atoms with E-state index in [1.807, 2.05) is 37.5 Å². The zero-order chi connectivity index (χ0) is 14.3. The molecule has 0 saturated carbocycles. The van der Waals surface area contributed by atoms with Gasteiger partial charge in [0.1, 0.15) is 11.9 Å². The first kappa shape index (κ1) is 14.0. The lowest BCUT2D eigenvalue weighted by atomic mass is 10.2. The van der Waals surface area contributed by atoms with Crippen LogP contribution in [-0.2, 0) is 0 Å². The lowest BCUT2D eigenvalue weighted by Crippen LogP contribution is -2.03. The predicted molar refractivity (Wildman–Crippen MR) is 81.8 cm³/mol. The van der Waals surface area contributed by atoms with Gasteiger partial charge in [0.25, 0.3) is 0 Å². The number of rotatable bonds is 1. The number of nitrogens with two attached hydrogens (primary N) is 1. The third-order valence-corrected chi connectivity index (χ3v) is 4.37. The van der Waals surface area contributed by atoms with Crippen LogP contribution in [0.2, 0.25) is 5.02 Å². The Kier molecular flexibility index (Phi) is 3.62. The molecule has 0 aliphatic heterocycles. The van der Waals surface area contributed by atoms with Gasteiger partial charge in [-0.15, -0.1) is 0 Å². The summed E-state index contributed by atoms with van der Waals surface area (Å²) in [5, 5.41) is 9.84. The van der Waals surface area contributed by atoms with Crippen LogP contribution in [0.4, 0.5) is 5.82 Å². The van der Waals surface area contributed by atoms with Crippen LogP contribution >= 0.6 is 27.5 Å². The summed E-state index contributed by atoms with van der Waals surface area (Å²) in [6.07, 6.45) is 0. The van der Waals surface area contributed by atoms with Crippen LogP contribution in [0.15, 0.2) is 16.6 Å². The van der Waals surface area contributed by atoms with Crippen molar-refractivity contribution in [2.45, 2.75) is 20.8 Å². The highest BCUT2D eigenvalue weighted by atomic mass is 79.9. The standard InChI is InChI=1S/C14H13BrClN3/c1-7-4-11(15)13(5-12(7)16)19-9(3)8(2)10(6-17)14(19)18/h4-5H,18H2,1-3H3. The van der Waals surface area contributed by atoms with Gasteiger partial charge in [0.2, 0.25) is 0 Å². The lowest BCUT2D eigenvalue weighted by molar-refractivity contribution is 1.01. The van der Waals surface area contributed by atoms with Gasteiger partial charge in [-0.25, -0.2) is 0 Å². The molecular formula is C14H13BrClN3. The minimum Gasteiger partial charge on any atom is -0.384 e. The van der Waals surface area contributed by atoms with Gasteiger partial charge in [0.15, 0.2) is 0 Å². The summed E-state index contributed by atoms with van der Waals surface area (Å²) in [7, 11) is 0. The summed E-state index contributed by atoms with van der Waals surface area (Å²) in [5.41, 5.74) is 10.3. The molecule has 0 bridgehead atoms. The molecule has 0 atom stereocenters. The second-order valence-electron chi connectivity index (χ2n) is 4.47. The number of halogens is 2. The van der Waals surface area contributed by atoms with Gasteiger partial charge in [-0.2, -0.15) is 5.26 Å². The second kappa shape index (κ2) is 4.92. The van der Waals surface area contributed by atoms with Gasteiger partial charge < -0.3 is 5.73 Å². The Morgan fingerprint density at radius 2 is 1.95 bits per heavy atom. The zero-order valence-electron chi connectivity index (χ0n) is 10.9. The van der Waals surface area contributed by atoms with Crippen LogP contribution in [0.3, 0.4) is 0 Å². The molecule has 5 heteroatoms. The van der Waals surface area contributed by atoms with E-state index >= 15 is 0 Å². The fourth-order valence-corrected chi connectivity index (χ4v) is 2.88. The summed E-state index contributed by atoms with van der Waals surface area (Å²) in [6, 6.07) is 5.94. The summed E-state index contributed by atoms with van der Waals surface area (Å²) >= 11 is 9.70. The van der Waals surface area contributed by atoms with Gasteiger partial charge in [0, 0.05) is 15.2 Å². The zero-order valence-corrected chi connectivity index (χ0v) is 13.2. The maximum Gasteiger partial charge on any atom is 0.126 e. The van der Waals surface area contributed by atoms with E-state index in [1.54, 1.807) is 0 Å². The molecule has 0 aliphatic carbocycles. The number of anilines is 1. The highest BCUT2D eigenvalue weighted by molar-refractivity contribution is 9.10. The van der Waals surface area contributed by atoms with Crippen molar-refractivity contribution in [2.75, 3.05) is 5.73 Å². The molecular weight excluding hydrogens is 326 g/mol. The number of hydrogen-bond acceptors (Lipinski definition) is 2. The number of nitrogens with zero attached hydrogens (tertiary/aromatic N) is 2. The monoisotopic (exact) mass is 337 g/mol. The Bertz CT molecular complexity index is 711. The molecule has 1 aromatic carbocycles. The average Bonchev–Trinajstić information content (AvgIpc) is 2.56. The van der Waals surface area contributed by atoms with E-state index < -0.39 is 0 Å².